The first-order valence-electron chi connectivity index (χ1n) is 8.16. The second-order valence-corrected chi connectivity index (χ2v) is 6.11. The fourth-order valence-corrected chi connectivity index (χ4v) is 3.39. The van der Waals surface area contributed by atoms with E-state index in [0.29, 0.717) is 0 Å². The highest BCUT2D eigenvalue weighted by atomic mass is 14.7. The average molecular weight is 289 g/mol. The van der Waals surface area contributed by atoms with E-state index in [-0.39, 0.29) is 5.41 Å². The van der Waals surface area contributed by atoms with Crippen molar-refractivity contribution in [2.24, 2.45) is 4.99 Å². The van der Waals surface area contributed by atoms with E-state index in [1.165, 1.54) is 36.8 Å². The maximum Gasteiger partial charge on any atom is 0.0486 e. The Balaban J connectivity index is 1.65. The van der Waals surface area contributed by atoms with Crippen molar-refractivity contribution >= 4 is 12.3 Å². The van der Waals surface area contributed by atoms with E-state index in [9.17, 15) is 0 Å². The summed E-state index contributed by atoms with van der Waals surface area (Å²) in [6.45, 7) is 0.899. The summed E-state index contributed by atoms with van der Waals surface area (Å²) in [5, 5.41) is 0. The van der Waals surface area contributed by atoms with E-state index in [0.717, 1.165) is 6.54 Å². The monoisotopic (exact) mass is 289 g/mol. The van der Waals surface area contributed by atoms with Crippen molar-refractivity contribution in [1.82, 2.24) is 0 Å². The zero-order valence-corrected chi connectivity index (χ0v) is 13.0. The predicted molar refractivity (Wildman–Crippen MR) is 95.4 cm³/mol. The van der Waals surface area contributed by atoms with Gasteiger partial charge in [0.1, 0.15) is 0 Å². The van der Waals surface area contributed by atoms with Crippen LogP contribution in [0.4, 0.5) is 0 Å². The summed E-state index contributed by atoms with van der Waals surface area (Å²) in [5.74, 6) is 0. The highest BCUT2D eigenvalue weighted by Crippen LogP contribution is 2.41. The van der Waals surface area contributed by atoms with E-state index >= 15 is 0 Å². The number of aliphatic imine (C=N–C) groups is 1. The van der Waals surface area contributed by atoms with Crippen LogP contribution in [0.5, 0.6) is 0 Å². The number of rotatable bonds is 5. The van der Waals surface area contributed by atoms with Gasteiger partial charge in [0.2, 0.25) is 0 Å². The van der Waals surface area contributed by atoms with Gasteiger partial charge in [-0.1, -0.05) is 79.6 Å². The quantitative estimate of drug-likeness (QED) is 0.664. The number of hydrogen-bond acceptors (Lipinski definition) is 1. The Morgan fingerprint density at radius 2 is 1.50 bits per heavy atom. The molecule has 1 aliphatic rings. The van der Waals surface area contributed by atoms with Crippen LogP contribution >= 0.6 is 0 Å². The lowest BCUT2D eigenvalue weighted by Gasteiger charge is -2.27. The average Bonchev–Trinajstić information content (AvgIpc) is 3.06. The Kier molecular flexibility index (Phi) is 4.85. The number of benzene rings is 2. The number of hydrogen-bond donors (Lipinski definition) is 0. The topological polar surface area (TPSA) is 12.4 Å². The molecule has 1 nitrogen and oxygen atoms in total. The van der Waals surface area contributed by atoms with E-state index in [1.807, 2.05) is 18.4 Å². The summed E-state index contributed by atoms with van der Waals surface area (Å²) in [6.07, 6.45) is 11.3. The van der Waals surface area contributed by atoms with Gasteiger partial charge in [-0.25, -0.2) is 0 Å². The lowest BCUT2D eigenvalue weighted by molar-refractivity contribution is 0.455. The van der Waals surface area contributed by atoms with E-state index < -0.39 is 0 Å². The summed E-state index contributed by atoms with van der Waals surface area (Å²) in [5.41, 5.74) is 2.93. The summed E-state index contributed by atoms with van der Waals surface area (Å²) < 4.78 is 0. The van der Waals surface area contributed by atoms with Crippen LogP contribution in [0, 0.1) is 0 Å². The third kappa shape index (κ3) is 3.54. The second-order valence-electron chi connectivity index (χ2n) is 6.11. The van der Waals surface area contributed by atoms with Gasteiger partial charge in [-0.15, -0.1) is 0 Å². The number of nitrogens with zero attached hydrogens (tertiary/aromatic N) is 1. The van der Waals surface area contributed by atoms with Crippen LogP contribution in [0.3, 0.4) is 0 Å². The highest BCUT2D eigenvalue weighted by molar-refractivity contribution is 5.78. The zero-order chi connectivity index (χ0) is 15.1. The predicted octanol–water partition coefficient (Wildman–Crippen LogP) is 5.28. The summed E-state index contributed by atoms with van der Waals surface area (Å²) in [7, 11) is 0. The minimum absolute atomic E-state index is 0.262. The third-order valence-electron chi connectivity index (χ3n) is 4.62. The van der Waals surface area contributed by atoms with Crippen molar-refractivity contribution in [2.75, 3.05) is 6.54 Å². The van der Waals surface area contributed by atoms with Crippen molar-refractivity contribution < 1.29 is 0 Å². The molecule has 0 aromatic heterocycles. The Hall–Kier alpha value is -2.15. The van der Waals surface area contributed by atoms with Crippen LogP contribution in [-0.2, 0) is 5.41 Å². The molecule has 0 spiro atoms. The number of allylic oxidation sites excluding steroid dienone is 1. The van der Waals surface area contributed by atoms with Crippen molar-refractivity contribution in [3.63, 3.8) is 0 Å². The molecule has 0 N–H and O–H groups in total. The summed E-state index contributed by atoms with van der Waals surface area (Å²) >= 11 is 0. The van der Waals surface area contributed by atoms with Crippen LogP contribution in [-0.4, -0.2) is 12.8 Å². The molecular weight excluding hydrogens is 266 g/mol. The van der Waals surface area contributed by atoms with Crippen molar-refractivity contribution in [3.05, 3.63) is 77.9 Å². The van der Waals surface area contributed by atoms with E-state index in [2.05, 4.69) is 60.7 Å². The molecule has 1 saturated carbocycles. The zero-order valence-electron chi connectivity index (χ0n) is 13.0. The molecule has 0 saturated heterocycles. The highest BCUT2D eigenvalue weighted by Gasteiger charge is 2.34. The summed E-state index contributed by atoms with van der Waals surface area (Å²) in [6, 6.07) is 21.3. The van der Waals surface area contributed by atoms with Gasteiger partial charge in [0.05, 0.1) is 0 Å². The molecule has 0 radical (unpaired) electrons. The van der Waals surface area contributed by atoms with Crippen LogP contribution in [0.25, 0.3) is 6.08 Å². The van der Waals surface area contributed by atoms with E-state index in [1.54, 1.807) is 0 Å². The fraction of sp³-hybridized carbons (Fsp3) is 0.286. The lowest BCUT2D eigenvalue weighted by Crippen LogP contribution is -2.25. The SMILES string of the molecule is C(/C=C/c1ccccc1)=NCC1(c2ccccc2)CCCC1. The van der Waals surface area contributed by atoms with Gasteiger partial charge in [-0.05, 0) is 30.0 Å². The summed E-state index contributed by atoms with van der Waals surface area (Å²) in [4.78, 5) is 4.71. The molecule has 112 valence electrons. The molecule has 1 aliphatic carbocycles. The largest absolute Gasteiger partial charge is 0.292 e. The molecule has 0 heterocycles. The van der Waals surface area contributed by atoms with E-state index in [4.69, 9.17) is 4.99 Å². The first-order valence-corrected chi connectivity index (χ1v) is 8.16. The Morgan fingerprint density at radius 1 is 0.864 bits per heavy atom. The third-order valence-corrected chi connectivity index (χ3v) is 4.62. The molecule has 1 fully saturated rings. The lowest BCUT2D eigenvalue weighted by atomic mass is 9.79. The molecule has 2 aromatic rings. The minimum atomic E-state index is 0.262. The van der Waals surface area contributed by atoms with Gasteiger partial charge in [-0.3, -0.25) is 4.99 Å². The molecule has 0 amide bonds. The molecule has 22 heavy (non-hydrogen) atoms. The van der Waals surface area contributed by atoms with Crippen LogP contribution < -0.4 is 0 Å². The normalized spacial score (nSPS) is 17.5. The van der Waals surface area contributed by atoms with Gasteiger partial charge in [-0.2, -0.15) is 0 Å². The maximum absolute atomic E-state index is 4.71. The second kappa shape index (κ2) is 7.22. The Labute approximate surface area is 133 Å². The van der Waals surface area contributed by atoms with Crippen LogP contribution in [0.2, 0.25) is 0 Å². The molecule has 0 unspecified atom stereocenters. The van der Waals surface area contributed by atoms with Crippen LogP contribution in [0.15, 0.2) is 71.7 Å². The van der Waals surface area contributed by atoms with Gasteiger partial charge in [0.25, 0.3) is 0 Å². The maximum atomic E-state index is 4.71. The molecular formula is C21H23N. The fourth-order valence-electron chi connectivity index (χ4n) is 3.39. The first-order chi connectivity index (χ1) is 10.9. The molecule has 0 aliphatic heterocycles. The van der Waals surface area contributed by atoms with Crippen molar-refractivity contribution in [2.45, 2.75) is 31.1 Å². The van der Waals surface area contributed by atoms with Gasteiger partial charge in [0.15, 0.2) is 0 Å². The van der Waals surface area contributed by atoms with Gasteiger partial charge >= 0.3 is 0 Å². The minimum Gasteiger partial charge on any atom is -0.292 e. The Morgan fingerprint density at radius 3 is 2.18 bits per heavy atom. The molecule has 0 atom stereocenters. The smallest absolute Gasteiger partial charge is 0.0486 e. The molecule has 1 heteroatoms. The standard InChI is InChI=1S/C21H23N/c1-3-10-19(11-4-1)12-9-17-22-18-21(15-7-8-16-21)20-13-5-2-6-14-20/h1-6,9-14,17H,7-8,15-16,18H2/b12-9+,22-17?. The molecule has 3 rings (SSSR count). The first kappa shape index (κ1) is 14.8. The molecule has 2 aromatic carbocycles. The van der Waals surface area contributed by atoms with Gasteiger partial charge in [0, 0.05) is 18.2 Å². The van der Waals surface area contributed by atoms with Crippen LogP contribution in [0.1, 0.15) is 36.8 Å². The Bertz CT molecular complexity index is 619. The molecule has 0 bridgehead atoms. The van der Waals surface area contributed by atoms with Crippen molar-refractivity contribution in [3.8, 4) is 0 Å². The van der Waals surface area contributed by atoms with Gasteiger partial charge < -0.3 is 0 Å². The van der Waals surface area contributed by atoms with Crippen molar-refractivity contribution in [1.29, 1.82) is 0 Å².